The van der Waals surface area contributed by atoms with Crippen molar-refractivity contribution in [1.82, 2.24) is 4.90 Å². The molecule has 0 N–H and O–H groups in total. The zero-order chi connectivity index (χ0) is 9.72. The number of hydrogen-bond acceptors (Lipinski definition) is 2. The number of ether oxygens (including phenoxy) is 1. The lowest BCUT2D eigenvalue weighted by atomic mass is 10.2. The van der Waals surface area contributed by atoms with Crippen molar-refractivity contribution in [2.75, 3.05) is 0 Å². The second kappa shape index (κ2) is 5.01. The van der Waals surface area contributed by atoms with Gasteiger partial charge in [0.1, 0.15) is 6.61 Å². The van der Waals surface area contributed by atoms with Crippen LogP contribution in [0.3, 0.4) is 0 Å². The maximum atomic E-state index is 11.3. The molecule has 0 rings (SSSR count). The summed E-state index contributed by atoms with van der Waals surface area (Å²) in [6.45, 7) is 11.0. The van der Waals surface area contributed by atoms with Gasteiger partial charge in [0.05, 0.1) is 0 Å². The first-order valence-corrected chi connectivity index (χ1v) is 4.27. The smallest absolute Gasteiger partial charge is 0.410 e. The van der Waals surface area contributed by atoms with E-state index in [1.807, 2.05) is 27.7 Å². The van der Waals surface area contributed by atoms with Gasteiger partial charge in [-0.3, -0.25) is 0 Å². The van der Waals surface area contributed by atoms with Crippen molar-refractivity contribution < 1.29 is 9.53 Å². The monoisotopic (exact) mass is 172 g/mol. The summed E-state index contributed by atoms with van der Waals surface area (Å²) in [4.78, 5) is 13.0. The average Bonchev–Trinajstić information content (AvgIpc) is 1.85. The molecule has 0 aromatic rings. The molecule has 0 bridgehead atoms. The topological polar surface area (TPSA) is 29.5 Å². The molecular formula is C9H18NO2. The zero-order valence-corrected chi connectivity index (χ0v) is 8.50. The predicted molar refractivity (Wildman–Crippen MR) is 48.6 cm³/mol. The van der Waals surface area contributed by atoms with E-state index in [2.05, 4.69) is 0 Å². The Bertz CT molecular complexity index is 135. The molecule has 0 spiro atoms. The van der Waals surface area contributed by atoms with Crippen LogP contribution >= 0.6 is 0 Å². The van der Waals surface area contributed by atoms with Gasteiger partial charge >= 0.3 is 6.09 Å². The third kappa shape index (κ3) is 3.11. The van der Waals surface area contributed by atoms with Crippen LogP contribution in [-0.4, -0.2) is 23.1 Å². The Morgan fingerprint density at radius 1 is 1.25 bits per heavy atom. The van der Waals surface area contributed by atoms with E-state index < -0.39 is 0 Å². The summed E-state index contributed by atoms with van der Waals surface area (Å²) in [5.41, 5.74) is 0. The maximum absolute atomic E-state index is 11.3. The molecule has 0 aliphatic carbocycles. The molecule has 71 valence electrons. The summed E-state index contributed by atoms with van der Waals surface area (Å²) in [5.74, 6) is 0. The van der Waals surface area contributed by atoms with E-state index in [1.165, 1.54) is 6.61 Å². The van der Waals surface area contributed by atoms with Crippen molar-refractivity contribution in [3.8, 4) is 0 Å². The quantitative estimate of drug-likeness (QED) is 0.654. The van der Waals surface area contributed by atoms with E-state index in [9.17, 15) is 4.79 Å². The highest BCUT2D eigenvalue weighted by atomic mass is 16.6. The van der Waals surface area contributed by atoms with E-state index in [1.54, 1.807) is 11.8 Å². The van der Waals surface area contributed by atoms with Gasteiger partial charge in [-0.15, -0.1) is 0 Å². The molecule has 3 heteroatoms. The van der Waals surface area contributed by atoms with Crippen LogP contribution < -0.4 is 0 Å². The Morgan fingerprint density at radius 2 is 1.67 bits per heavy atom. The summed E-state index contributed by atoms with van der Waals surface area (Å²) >= 11 is 0. The molecular weight excluding hydrogens is 154 g/mol. The molecule has 0 heterocycles. The van der Waals surface area contributed by atoms with E-state index in [0.717, 1.165) is 0 Å². The Labute approximate surface area is 74.7 Å². The van der Waals surface area contributed by atoms with Crippen molar-refractivity contribution in [2.24, 2.45) is 0 Å². The van der Waals surface area contributed by atoms with Gasteiger partial charge < -0.3 is 9.64 Å². The highest BCUT2D eigenvalue weighted by Gasteiger charge is 2.20. The van der Waals surface area contributed by atoms with E-state index in [4.69, 9.17) is 4.74 Å². The lowest BCUT2D eigenvalue weighted by Crippen LogP contribution is -2.41. The lowest BCUT2D eigenvalue weighted by Gasteiger charge is -2.29. The fourth-order valence-corrected chi connectivity index (χ4v) is 1.18. The number of nitrogens with zero attached hydrogens (tertiary/aromatic N) is 1. The number of amides is 1. The van der Waals surface area contributed by atoms with Crippen LogP contribution in [0.4, 0.5) is 4.79 Å². The summed E-state index contributed by atoms with van der Waals surface area (Å²) in [6.07, 6.45) is -0.275. The van der Waals surface area contributed by atoms with Crippen molar-refractivity contribution in [3.05, 3.63) is 6.61 Å². The van der Waals surface area contributed by atoms with Crippen LogP contribution in [0, 0.1) is 6.61 Å². The second-order valence-corrected chi connectivity index (χ2v) is 3.21. The zero-order valence-electron chi connectivity index (χ0n) is 8.50. The molecule has 3 nitrogen and oxygen atoms in total. The van der Waals surface area contributed by atoms with Crippen molar-refractivity contribution >= 4 is 6.09 Å². The van der Waals surface area contributed by atoms with Gasteiger partial charge in [-0.25, -0.2) is 4.79 Å². The third-order valence-corrected chi connectivity index (χ3v) is 1.54. The average molecular weight is 172 g/mol. The minimum atomic E-state index is -0.275. The van der Waals surface area contributed by atoms with Crippen LogP contribution in [0.5, 0.6) is 0 Å². The molecule has 1 radical (unpaired) electrons. The fourth-order valence-electron chi connectivity index (χ4n) is 1.18. The molecule has 1 amide bonds. The first-order valence-electron chi connectivity index (χ1n) is 4.27. The lowest BCUT2D eigenvalue weighted by molar-refractivity contribution is 0.0992. The van der Waals surface area contributed by atoms with Gasteiger partial charge in [-0.2, -0.15) is 0 Å². The SMILES string of the molecule is C[CH]OC(=O)N(C(C)C)C(C)C. The molecule has 0 aromatic heterocycles. The summed E-state index contributed by atoms with van der Waals surface area (Å²) in [6, 6.07) is 0.356. The minimum absolute atomic E-state index is 0.178. The molecule has 0 saturated carbocycles. The predicted octanol–water partition coefficient (Wildman–Crippen LogP) is 2.42. The van der Waals surface area contributed by atoms with Crippen LogP contribution in [0.15, 0.2) is 0 Å². The fraction of sp³-hybridized carbons (Fsp3) is 0.778. The number of carbonyl (C=O) groups is 1. The van der Waals surface area contributed by atoms with Crippen molar-refractivity contribution in [3.63, 3.8) is 0 Å². The van der Waals surface area contributed by atoms with Gasteiger partial charge in [0.15, 0.2) is 0 Å². The Kier molecular flexibility index (Phi) is 4.71. The van der Waals surface area contributed by atoms with E-state index in [-0.39, 0.29) is 18.2 Å². The Balaban J connectivity index is 4.20. The number of hydrogen-bond donors (Lipinski definition) is 0. The van der Waals surface area contributed by atoms with Gasteiger partial charge in [0.2, 0.25) is 0 Å². The minimum Gasteiger partial charge on any atom is -0.442 e. The summed E-state index contributed by atoms with van der Waals surface area (Å²) in [7, 11) is 0. The maximum Gasteiger partial charge on any atom is 0.410 e. The van der Waals surface area contributed by atoms with Gasteiger partial charge in [-0.05, 0) is 34.6 Å². The molecule has 0 atom stereocenters. The van der Waals surface area contributed by atoms with Crippen molar-refractivity contribution in [1.29, 1.82) is 0 Å². The third-order valence-electron chi connectivity index (χ3n) is 1.54. The van der Waals surface area contributed by atoms with Crippen LogP contribution in [0.1, 0.15) is 34.6 Å². The van der Waals surface area contributed by atoms with Gasteiger partial charge in [-0.1, -0.05) is 0 Å². The molecule has 0 aliphatic heterocycles. The van der Waals surface area contributed by atoms with Crippen LogP contribution in [0.2, 0.25) is 0 Å². The van der Waals surface area contributed by atoms with E-state index >= 15 is 0 Å². The number of carbonyl (C=O) groups excluding carboxylic acids is 1. The van der Waals surface area contributed by atoms with Crippen LogP contribution in [0.25, 0.3) is 0 Å². The first-order chi connectivity index (χ1) is 5.50. The largest absolute Gasteiger partial charge is 0.442 e. The Hall–Kier alpha value is -0.730. The number of rotatable bonds is 3. The Morgan fingerprint density at radius 3 is 1.92 bits per heavy atom. The van der Waals surface area contributed by atoms with Gasteiger partial charge in [0, 0.05) is 12.1 Å². The molecule has 0 aromatic carbocycles. The van der Waals surface area contributed by atoms with Crippen LogP contribution in [-0.2, 0) is 4.74 Å². The van der Waals surface area contributed by atoms with Gasteiger partial charge in [0.25, 0.3) is 0 Å². The summed E-state index contributed by atoms with van der Waals surface area (Å²) in [5, 5.41) is 0. The normalized spacial score (nSPS) is 10.6. The molecule has 12 heavy (non-hydrogen) atoms. The highest BCUT2D eigenvalue weighted by molar-refractivity contribution is 5.68. The molecule has 0 unspecified atom stereocenters. The first kappa shape index (κ1) is 11.3. The molecule has 0 fully saturated rings. The standard InChI is InChI=1S/C9H18NO2/c1-6-12-9(11)10(7(2)3)8(4)5/h6-8H,1-5H3. The molecule has 0 aliphatic rings. The van der Waals surface area contributed by atoms with Crippen molar-refractivity contribution in [2.45, 2.75) is 46.7 Å². The molecule has 0 saturated heterocycles. The summed E-state index contributed by atoms with van der Waals surface area (Å²) < 4.78 is 4.79. The highest BCUT2D eigenvalue weighted by Crippen LogP contribution is 2.07. The van der Waals surface area contributed by atoms with E-state index in [0.29, 0.717) is 0 Å². The second-order valence-electron chi connectivity index (χ2n) is 3.21.